The molecule has 2 aromatic heterocycles. The zero-order valence-electron chi connectivity index (χ0n) is 18.2. The summed E-state index contributed by atoms with van der Waals surface area (Å²) in [6, 6.07) is 15.3. The molecule has 10 heteroatoms. The van der Waals surface area contributed by atoms with E-state index in [4.69, 9.17) is 32.4 Å². The summed E-state index contributed by atoms with van der Waals surface area (Å²) in [7, 11) is 1.55. The van der Waals surface area contributed by atoms with Crippen molar-refractivity contribution in [2.45, 2.75) is 13.0 Å². The van der Waals surface area contributed by atoms with Crippen LogP contribution in [0.5, 0.6) is 5.75 Å². The molecule has 8 nitrogen and oxygen atoms in total. The number of halogens is 2. The van der Waals surface area contributed by atoms with Gasteiger partial charge in [0.25, 0.3) is 5.91 Å². The third-order valence-corrected chi connectivity index (χ3v) is 6.19. The first-order chi connectivity index (χ1) is 16.5. The Bertz CT molecular complexity index is 1410. The number of rotatable bonds is 5. The zero-order valence-corrected chi connectivity index (χ0v) is 19.7. The van der Waals surface area contributed by atoms with Crippen LogP contribution >= 0.6 is 23.2 Å². The molecule has 1 aliphatic heterocycles. The van der Waals surface area contributed by atoms with Crippen molar-refractivity contribution in [2.75, 3.05) is 17.7 Å². The van der Waals surface area contributed by atoms with E-state index in [1.54, 1.807) is 54.5 Å². The van der Waals surface area contributed by atoms with Crippen LogP contribution < -0.4 is 15.4 Å². The molecule has 0 bridgehead atoms. The van der Waals surface area contributed by atoms with Crippen LogP contribution in [0.15, 0.2) is 76.5 Å². The predicted octanol–water partition coefficient (Wildman–Crippen LogP) is 5.78. The molecule has 1 unspecified atom stereocenters. The van der Waals surface area contributed by atoms with Gasteiger partial charge in [-0.3, -0.25) is 4.79 Å². The number of nitrogens with one attached hydrogen (secondary N) is 2. The molecule has 1 atom stereocenters. The van der Waals surface area contributed by atoms with E-state index in [0.717, 1.165) is 5.56 Å². The Morgan fingerprint density at radius 3 is 2.71 bits per heavy atom. The molecule has 4 aromatic rings. The van der Waals surface area contributed by atoms with Gasteiger partial charge in [-0.15, -0.1) is 5.10 Å². The van der Waals surface area contributed by atoms with Crippen LogP contribution in [0.2, 0.25) is 10.0 Å². The van der Waals surface area contributed by atoms with E-state index in [1.165, 1.54) is 0 Å². The molecular formula is C24H19Cl2N5O3. The van der Waals surface area contributed by atoms with Gasteiger partial charge in [0.1, 0.15) is 11.8 Å². The van der Waals surface area contributed by atoms with Gasteiger partial charge < -0.3 is 19.8 Å². The van der Waals surface area contributed by atoms with Gasteiger partial charge >= 0.3 is 0 Å². The number of anilines is 2. The zero-order chi connectivity index (χ0) is 23.8. The average molecular weight is 496 g/mol. The summed E-state index contributed by atoms with van der Waals surface area (Å²) < 4.78 is 12.5. The molecule has 0 radical (unpaired) electrons. The first kappa shape index (κ1) is 22.1. The summed E-state index contributed by atoms with van der Waals surface area (Å²) in [6.07, 6.45) is 1.55. The molecule has 1 amide bonds. The van der Waals surface area contributed by atoms with Gasteiger partial charge in [-0.05, 0) is 48.9 Å². The summed E-state index contributed by atoms with van der Waals surface area (Å²) in [5, 5.41) is 11.6. The van der Waals surface area contributed by atoms with E-state index in [-0.39, 0.29) is 5.91 Å². The van der Waals surface area contributed by atoms with Crippen molar-refractivity contribution in [3.8, 4) is 17.3 Å². The number of hydrogen-bond donors (Lipinski definition) is 2. The Morgan fingerprint density at radius 1 is 1.15 bits per heavy atom. The second-order valence-electron chi connectivity index (χ2n) is 7.58. The monoisotopic (exact) mass is 495 g/mol. The molecular weight excluding hydrogens is 477 g/mol. The lowest BCUT2D eigenvalue weighted by Gasteiger charge is -2.29. The van der Waals surface area contributed by atoms with Gasteiger partial charge in [-0.2, -0.15) is 4.98 Å². The highest BCUT2D eigenvalue weighted by Crippen LogP contribution is 2.39. The Labute approximate surface area is 205 Å². The molecule has 34 heavy (non-hydrogen) atoms. The molecule has 0 fully saturated rings. The van der Waals surface area contributed by atoms with E-state index < -0.39 is 6.04 Å². The van der Waals surface area contributed by atoms with Crippen molar-refractivity contribution < 1.29 is 13.9 Å². The van der Waals surface area contributed by atoms with E-state index in [2.05, 4.69) is 20.7 Å². The quantitative estimate of drug-likeness (QED) is 0.364. The second-order valence-corrected chi connectivity index (χ2v) is 8.39. The fraction of sp³-hybridized carbons (Fsp3) is 0.125. The predicted molar refractivity (Wildman–Crippen MR) is 130 cm³/mol. The number of aromatic nitrogens is 3. The highest BCUT2D eigenvalue weighted by atomic mass is 35.5. The highest BCUT2D eigenvalue weighted by Gasteiger charge is 2.35. The van der Waals surface area contributed by atoms with Crippen molar-refractivity contribution in [2.24, 2.45) is 0 Å². The van der Waals surface area contributed by atoms with E-state index in [0.29, 0.717) is 50.3 Å². The maximum absolute atomic E-state index is 13.6. The molecule has 3 heterocycles. The van der Waals surface area contributed by atoms with Gasteiger partial charge in [-0.1, -0.05) is 41.4 Å². The number of carbonyl (C=O) groups excluding carboxylic acids is 1. The maximum atomic E-state index is 13.6. The molecule has 5 rings (SSSR count). The minimum Gasteiger partial charge on any atom is -0.495 e. The Kier molecular flexibility index (Phi) is 5.77. The SMILES string of the molecule is COc1ccccc1NC(=O)C1=C(C)Nc2nc(-c3ccco3)nn2C1c1ccc(Cl)c(Cl)c1. The Balaban J connectivity index is 1.62. The molecule has 0 spiro atoms. The Morgan fingerprint density at radius 2 is 1.97 bits per heavy atom. The largest absolute Gasteiger partial charge is 0.495 e. The van der Waals surface area contributed by atoms with Crippen molar-refractivity contribution in [3.63, 3.8) is 0 Å². The summed E-state index contributed by atoms with van der Waals surface area (Å²) in [5.41, 5.74) is 2.32. The number of allylic oxidation sites excluding steroid dienone is 1. The van der Waals surface area contributed by atoms with Crippen molar-refractivity contribution >= 4 is 40.7 Å². The van der Waals surface area contributed by atoms with Crippen LogP contribution in [0.3, 0.4) is 0 Å². The lowest BCUT2D eigenvalue weighted by molar-refractivity contribution is -0.113. The highest BCUT2D eigenvalue weighted by molar-refractivity contribution is 6.42. The maximum Gasteiger partial charge on any atom is 0.255 e. The average Bonchev–Trinajstić information content (AvgIpc) is 3.50. The standard InChI is InChI=1S/C24H19Cl2N5O3/c1-13-20(23(32)28-17-6-3-4-7-18(17)33-2)21(14-9-10-15(25)16(26)12-14)31-24(27-13)29-22(30-31)19-8-5-11-34-19/h3-12,21H,1-2H3,(H,28,32)(H,27,29,30). The number of hydrogen-bond acceptors (Lipinski definition) is 6. The van der Waals surface area contributed by atoms with Gasteiger partial charge in [-0.25, -0.2) is 4.68 Å². The lowest BCUT2D eigenvalue weighted by atomic mass is 9.95. The number of para-hydroxylation sites is 2. The number of amides is 1. The molecule has 2 N–H and O–H groups in total. The number of ether oxygens (including phenoxy) is 1. The van der Waals surface area contributed by atoms with Crippen LogP contribution in [0.1, 0.15) is 18.5 Å². The van der Waals surface area contributed by atoms with Crippen LogP contribution in [0.4, 0.5) is 11.6 Å². The van der Waals surface area contributed by atoms with E-state index in [9.17, 15) is 4.79 Å². The van der Waals surface area contributed by atoms with Crippen LogP contribution in [-0.4, -0.2) is 27.8 Å². The van der Waals surface area contributed by atoms with Crippen LogP contribution in [-0.2, 0) is 4.79 Å². The molecule has 2 aromatic carbocycles. The molecule has 1 aliphatic rings. The molecule has 172 valence electrons. The third-order valence-electron chi connectivity index (χ3n) is 5.45. The van der Waals surface area contributed by atoms with Gasteiger partial charge in [0.2, 0.25) is 11.8 Å². The third kappa shape index (κ3) is 3.91. The number of fused-ring (bicyclic) bond motifs is 1. The topological polar surface area (TPSA) is 94.2 Å². The summed E-state index contributed by atoms with van der Waals surface area (Å²) in [5.74, 6) is 1.58. The first-order valence-corrected chi connectivity index (χ1v) is 11.1. The van der Waals surface area contributed by atoms with Crippen LogP contribution in [0, 0.1) is 0 Å². The summed E-state index contributed by atoms with van der Waals surface area (Å²) in [4.78, 5) is 18.2. The smallest absolute Gasteiger partial charge is 0.255 e. The summed E-state index contributed by atoms with van der Waals surface area (Å²) >= 11 is 12.5. The Hall–Kier alpha value is -3.75. The number of methoxy groups -OCH3 is 1. The minimum absolute atomic E-state index is 0.328. The van der Waals surface area contributed by atoms with Crippen LogP contribution in [0.25, 0.3) is 11.6 Å². The summed E-state index contributed by atoms with van der Waals surface area (Å²) in [6.45, 7) is 1.81. The molecule has 0 saturated heterocycles. The van der Waals surface area contributed by atoms with Crippen molar-refractivity contribution in [1.29, 1.82) is 0 Å². The normalized spacial score (nSPS) is 15.0. The molecule has 0 saturated carbocycles. The van der Waals surface area contributed by atoms with Gasteiger partial charge in [0.15, 0.2) is 5.76 Å². The fourth-order valence-corrected chi connectivity index (χ4v) is 4.19. The second kappa shape index (κ2) is 8.89. The first-order valence-electron chi connectivity index (χ1n) is 10.3. The lowest BCUT2D eigenvalue weighted by Crippen LogP contribution is -2.31. The van der Waals surface area contributed by atoms with Gasteiger partial charge in [0.05, 0.1) is 34.7 Å². The van der Waals surface area contributed by atoms with Crippen molar-refractivity contribution in [1.82, 2.24) is 14.8 Å². The minimum atomic E-state index is -0.628. The number of furan rings is 1. The van der Waals surface area contributed by atoms with E-state index in [1.807, 2.05) is 25.1 Å². The number of nitrogens with zero attached hydrogens (tertiary/aromatic N) is 3. The van der Waals surface area contributed by atoms with Crippen molar-refractivity contribution in [3.05, 3.63) is 87.7 Å². The van der Waals surface area contributed by atoms with E-state index >= 15 is 0 Å². The fourth-order valence-electron chi connectivity index (χ4n) is 3.88. The number of benzene rings is 2. The molecule has 0 aliphatic carbocycles. The number of carbonyl (C=O) groups is 1. The van der Waals surface area contributed by atoms with Gasteiger partial charge in [0, 0.05) is 5.70 Å².